The van der Waals surface area contributed by atoms with Gasteiger partial charge in [0.1, 0.15) is 0 Å². The van der Waals surface area contributed by atoms with Gasteiger partial charge in [0.05, 0.1) is 7.11 Å². The van der Waals surface area contributed by atoms with Crippen LogP contribution < -0.4 is 4.74 Å². The third kappa shape index (κ3) is 2.89. The third-order valence-corrected chi connectivity index (χ3v) is 4.88. The predicted molar refractivity (Wildman–Crippen MR) is 78.4 cm³/mol. The summed E-state index contributed by atoms with van der Waals surface area (Å²) in [4.78, 5) is 14.4. The average Bonchev–Trinajstić information content (AvgIpc) is 3.10. The zero-order chi connectivity index (χ0) is 15.0. The SMILES string of the molecule is CCN(Cc1ccc(OC)c(F)c1)C(=O)C1CC2CC2C1. The van der Waals surface area contributed by atoms with Gasteiger partial charge in [-0.05, 0) is 55.7 Å². The molecule has 3 nitrogen and oxygen atoms in total. The van der Waals surface area contributed by atoms with Crippen molar-refractivity contribution in [2.45, 2.75) is 32.7 Å². The number of carbonyl (C=O) groups excluding carboxylic acids is 1. The van der Waals surface area contributed by atoms with E-state index in [0.29, 0.717) is 13.1 Å². The number of hydrogen-bond acceptors (Lipinski definition) is 2. The van der Waals surface area contributed by atoms with Crippen LogP contribution in [0.3, 0.4) is 0 Å². The number of methoxy groups -OCH3 is 1. The third-order valence-electron chi connectivity index (χ3n) is 4.88. The first-order valence-electron chi connectivity index (χ1n) is 7.73. The highest BCUT2D eigenvalue weighted by Gasteiger charge is 2.48. The maximum atomic E-state index is 13.7. The first kappa shape index (κ1) is 14.4. The maximum absolute atomic E-state index is 13.7. The van der Waals surface area contributed by atoms with Crippen LogP contribution in [0.2, 0.25) is 0 Å². The van der Waals surface area contributed by atoms with Gasteiger partial charge in [0, 0.05) is 19.0 Å². The number of rotatable bonds is 5. The van der Waals surface area contributed by atoms with Gasteiger partial charge in [-0.25, -0.2) is 4.39 Å². The van der Waals surface area contributed by atoms with E-state index >= 15 is 0 Å². The summed E-state index contributed by atoms with van der Waals surface area (Å²) in [6.45, 7) is 3.12. The van der Waals surface area contributed by atoms with Crippen molar-refractivity contribution in [1.82, 2.24) is 4.90 Å². The van der Waals surface area contributed by atoms with Crippen LogP contribution in [0.4, 0.5) is 4.39 Å². The molecule has 1 aromatic rings. The Bertz CT molecular complexity index is 536. The quantitative estimate of drug-likeness (QED) is 0.833. The molecular weight excluding hydrogens is 269 g/mol. The molecule has 2 fully saturated rings. The molecule has 2 saturated carbocycles. The minimum atomic E-state index is -0.374. The second kappa shape index (κ2) is 5.66. The van der Waals surface area contributed by atoms with Crippen LogP contribution in [-0.4, -0.2) is 24.5 Å². The van der Waals surface area contributed by atoms with Gasteiger partial charge in [-0.1, -0.05) is 6.07 Å². The smallest absolute Gasteiger partial charge is 0.225 e. The van der Waals surface area contributed by atoms with Gasteiger partial charge in [0.2, 0.25) is 5.91 Å². The van der Waals surface area contributed by atoms with Crippen molar-refractivity contribution in [3.8, 4) is 5.75 Å². The molecule has 2 unspecified atom stereocenters. The number of benzene rings is 1. The molecule has 1 amide bonds. The molecule has 0 spiro atoms. The van der Waals surface area contributed by atoms with Gasteiger partial charge in [0.25, 0.3) is 0 Å². The number of ether oxygens (including phenoxy) is 1. The molecule has 0 N–H and O–H groups in total. The van der Waals surface area contributed by atoms with E-state index in [9.17, 15) is 9.18 Å². The molecule has 4 heteroatoms. The Morgan fingerprint density at radius 3 is 2.62 bits per heavy atom. The molecule has 0 radical (unpaired) electrons. The summed E-state index contributed by atoms with van der Waals surface area (Å²) in [6, 6.07) is 4.90. The molecule has 0 saturated heterocycles. The number of hydrogen-bond donors (Lipinski definition) is 0. The molecular formula is C17H22FNO2. The fourth-order valence-corrected chi connectivity index (χ4v) is 3.55. The lowest BCUT2D eigenvalue weighted by molar-refractivity contribution is -0.136. The molecule has 1 aromatic carbocycles. The van der Waals surface area contributed by atoms with E-state index in [-0.39, 0.29) is 23.4 Å². The van der Waals surface area contributed by atoms with E-state index in [2.05, 4.69) is 0 Å². The summed E-state index contributed by atoms with van der Waals surface area (Å²) in [5.41, 5.74) is 0.812. The van der Waals surface area contributed by atoms with Crippen LogP contribution in [0.15, 0.2) is 18.2 Å². The lowest BCUT2D eigenvalue weighted by Gasteiger charge is -2.25. The molecule has 2 atom stereocenters. The molecule has 0 bridgehead atoms. The highest BCUT2D eigenvalue weighted by Crippen LogP contribution is 2.54. The first-order chi connectivity index (χ1) is 10.1. The number of fused-ring (bicyclic) bond motifs is 1. The van der Waals surface area contributed by atoms with Crippen LogP contribution in [0, 0.1) is 23.6 Å². The highest BCUT2D eigenvalue weighted by atomic mass is 19.1. The van der Waals surface area contributed by atoms with Gasteiger partial charge in [-0.15, -0.1) is 0 Å². The number of halogens is 1. The average molecular weight is 291 g/mol. The van der Waals surface area contributed by atoms with E-state index in [1.807, 2.05) is 17.9 Å². The minimum Gasteiger partial charge on any atom is -0.494 e. The second-order valence-corrected chi connectivity index (χ2v) is 6.25. The minimum absolute atomic E-state index is 0.191. The van der Waals surface area contributed by atoms with Gasteiger partial charge >= 0.3 is 0 Å². The molecule has 3 rings (SSSR count). The molecule has 0 aliphatic heterocycles. The largest absolute Gasteiger partial charge is 0.494 e. The van der Waals surface area contributed by atoms with Gasteiger partial charge in [-0.2, -0.15) is 0 Å². The van der Waals surface area contributed by atoms with Crippen LogP contribution in [0.1, 0.15) is 31.7 Å². The van der Waals surface area contributed by atoms with Crippen LogP contribution in [-0.2, 0) is 11.3 Å². The van der Waals surface area contributed by atoms with E-state index in [0.717, 1.165) is 30.2 Å². The summed E-state index contributed by atoms with van der Waals surface area (Å²) in [7, 11) is 1.45. The Balaban J connectivity index is 1.66. The maximum Gasteiger partial charge on any atom is 0.225 e. The number of nitrogens with zero attached hydrogens (tertiary/aromatic N) is 1. The van der Waals surface area contributed by atoms with Crippen LogP contribution >= 0.6 is 0 Å². The van der Waals surface area contributed by atoms with Gasteiger partial charge in [-0.3, -0.25) is 4.79 Å². The van der Waals surface area contributed by atoms with Crippen molar-refractivity contribution in [2.24, 2.45) is 17.8 Å². The molecule has 2 aliphatic rings. The Kier molecular flexibility index (Phi) is 3.87. The normalized spacial score (nSPS) is 26.3. The summed E-state index contributed by atoms with van der Waals surface area (Å²) in [6.07, 6.45) is 3.42. The monoisotopic (exact) mass is 291 g/mol. The second-order valence-electron chi connectivity index (χ2n) is 6.25. The number of carbonyl (C=O) groups is 1. The molecule has 114 valence electrons. The zero-order valence-corrected chi connectivity index (χ0v) is 12.6. The summed E-state index contributed by atoms with van der Waals surface area (Å²) >= 11 is 0. The summed E-state index contributed by atoms with van der Waals surface area (Å²) < 4.78 is 18.7. The molecule has 2 aliphatic carbocycles. The highest BCUT2D eigenvalue weighted by molar-refractivity contribution is 5.79. The van der Waals surface area contributed by atoms with Crippen molar-refractivity contribution in [3.63, 3.8) is 0 Å². The lowest BCUT2D eigenvalue weighted by atomic mass is 10.0. The predicted octanol–water partition coefficient (Wildman–Crippen LogP) is 3.23. The zero-order valence-electron chi connectivity index (χ0n) is 12.6. The lowest BCUT2D eigenvalue weighted by Crippen LogP contribution is -2.35. The molecule has 0 heterocycles. The van der Waals surface area contributed by atoms with E-state index in [4.69, 9.17) is 4.74 Å². The van der Waals surface area contributed by atoms with Crippen molar-refractivity contribution in [1.29, 1.82) is 0 Å². The topological polar surface area (TPSA) is 29.5 Å². The number of amides is 1. The van der Waals surface area contributed by atoms with Gasteiger partial charge < -0.3 is 9.64 Å². The Labute approximate surface area is 125 Å². The first-order valence-corrected chi connectivity index (χ1v) is 7.73. The molecule has 0 aromatic heterocycles. The van der Waals surface area contributed by atoms with E-state index in [1.165, 1.54) is 19.6 Å². The summed E-state index contributed by atoms with van der Waals surface area (Å²) in [5, 5.41) is 0. The van der Waals surface area contributed by atoms with Crippen molar-refractivity contribution in [3.05, 3.63) is 29.6 Å². The van der Waals surface area contributed by atoms with Crippen molar-refractivity contribution >= 4 is 5.91 Å². The van der Waals surface area contributed by atoms with Crippen LogP contribution in [0.25, 0.3) is 0 Å². The summed E-state index contributed by atoms with van der Waals surface area (Å²) in [5.74, 6) is 1.90. The Hall–Kier alpha value is -1.58. The van der Waals surface area contributed by atoms with Crippen molar-refractivity contribution < 1.29 is 13.9 Å². The Morgan fingerprint density at radius 2 is 2.05 bits per heavy atom. The molecule has 21 heavy (non-hydrogen) atoms. The van der Waals surface area contributed by atoms with E-state index < -0.39 is 0 Å². The fraction of sp³-hybridized carbons (Fsp3) is 0.588. The van der Waals surface area contributed by atoms with Gasteiger partial charge in [0.15, 0.2) is 11.6 Å². The fourth-order valence-electron chi connectivity index (χ4n) is 3.55. The van der Waals surface area contributed by atoms with Crippen LogP contribution in [0.5, 0.6) is 5.75 Å². The Morgan fingerprint density at radius 1 is 1.33 bits per heavy atom. The van der Waals surface area contributed by atoms with Crippen molar-refractivity contribution in [2.75, 3.05) is 13.7 Å². The standard InChI is InChI=1S/C17H22FNO2/c1-3-19(17(20)14-8-12-7-13(12)9-14)10-11-4-5-16(21-2)15(18)6-11/h4-6,12-14H,3,7-10H2,1-2H3. The van der Waals surface area contributed by atoms with E-state index in [1.54, 1.807) is 6.07 Å².